The van der Waals surface area contributed by atoms with Gasteiger partial charge in [-0.25, -0.2) is 0 Å². The molecule has 80 valence electrons. The van der Waals surface area contributed by atoms with Crippen molar-refractivity contribution >= 4 is 0 Å². The number of rotatable bonds is 2. The molecule has 3 rings (SSSR count). The lowest BCUT2D eigenvalue weighted by molar-refractivity contribution is 0.173. The number of hydrogen-bond donors (Lipinski definition) is 1. The first-order valence-electron chi connectivity index (χ1n) is 5.44. The summed E-state index contributed by atoms with van der Waals surface area (Å²) >= 11 is 0. The Morgan fingerprint density at radius 2 is 2.00 bits per heavy atom. The molecule has 2 aliphatic rings. The molecule has 0 bridgehead atoms. The normalized spacial score (nSPS) is 21.1. The molecule has 0 radical (unpaired) electrons. The van der Waals surface area contributed by atoms with Gasteiger partial charge in [0, 0.05) is 12.0 Å². The van der Waals surface area contributed by atoms with Gasteiger partial charge in [-0.05, 0) is 30.5 Å². The first-order valence-corrected chi connectivity index (χ1v) is 5.44. The Kier molecular flexibility index (Phi) is 1.89. The highest BCUT2D eigenvalue weighted by Gasteiger charge is 2.38. The number of fused-ring (bicyclic) bond motifs is 1. The van der Waals surface area contributed by atoms with Gasteiger partial charge >= 0.3 is 0 Å². The summed E-state index contributed by atoms with van der Waals surface area (Å²) in [6.45, 7) is 1.07. The van der Waals surface area contributed by atoms with Crippen LogP contribution < -0.4 is 15.2 Å². The van der Waals surface area contributed by atoms with Crippen LogP contribution in [-0.4, -0.2) is 13.3 Å². The van der Waals surface area contributed by atoms with E-state index in [0.29, 0.717) is 6.79 Å². The van der Waals surface area contributed by atoms with Gasteiger partial charge in [0.15, 0.2) is 11.5 Å². The molecule has 15 heavy (non-hydrogen) atoms. The zero-order chi connectivity index (χ0) is 10.3. The first kappa shape index (κ1) is 9.04. The van der Waals surface area contributed by atoms with E-state index in [1.54, 1.807) is 0 Å². The van der Waals surface area contributed by atoms with E-state index < -0.39 is 0 Å². The van der Waals surface area contributed by atoms with Crippen molar-refractivity contribution in [3.63, 3.8) is 0 Å². The van der Waals surface area contributed by atoms with Gasteiger partial charge < -0.3 is 15.2 Å². The van der Waals surface area contributed by atoms with Crippen molar-refractivity contribution in [2.24, 2.45) is 5.73 Å². The topological polar surface area (TPSA) is 44.5 Å². The molecule has 0 amide bonds. The fourth-order valence-electron chi connectivity index (χ4n) is 2.44. The molecule has 3 heteroatoms. The van der Waals surface area contributed by atoms with Crippen molar-refractivity contribution in [1.29, 1.82) is 0 Å². The van der Waals surface area contributed by atoms with Crippen LogP contribution in [0.15, 0.2) is 18.2 Å². The van der Waals surface area contributed by atoms with Crippen molar-refractivity contribution in [3.05, 3.63) is 23.8 Å². The minimum Gasteiger partial charge on any atom is -0.454 e. The van der Waals surface area contributed by atoms with E-state index in [1.807, 2.05) is 6.07 Å². The summed E-state index contributed by atoms with van der Waals surface area (Å²) in [4.78, 5) is 0. The quantitative estimate of drug-likeness (QED) is 0.800. The minimum atomic E-state index is 0.209. The highest BCUT2D eigenvalue weighted by Crippen LogP contribution is 2.45. The summed E-state index contributed by atoms with van der Waals surface area (Å²) in [6, 6.07) is 6.21. The van der Waals surface area contributed by atoms with Gasteiger partial charge in [0.25, 0.3) is 0 Å². The van der Waals surface area contributed by atoms with Gasteiger partial charge in [0.2, 0.25) is 6.79 Å². The van der Waals surface area contributed by atoms with Gasteiger partial charge in [0.1, 0.15) is 0 Å². The summed E-state index contributed by atoms with van der Waals surface area (Å²) in [6.07, 6.45) is 3.68. The molecule has 0 saturated heterocycles. The van der Waals surface area contributed by atoms with Crippen LogP contribution in [0, 0.1) is 0 Å². The lowest BCUT2D eigenvalue weighted by atomic mass is 9.64. The summed E-state index contributed by atoms with van der Waals surface area (Å²) in [7, 11) is 0. The predicted octanol–water partition coefficient (Wildman–Crippen LogP) is 1.80. The van der Waals surface area contributed by atoms with Crippen LogP contribution in [0.25, 0.3) is 0 Å². The van der Waals surface area contributed by atoms with Crippen molar-refractivity contribution in [1.82, 2.24) is 0 Å². The fourth-order valence-corrected chi connectivity index (χ4v) is 2.44. The number of nitrogens with two attached hydrogens (primary N) is 1. The second kappa shape index (κ2) is 3.14. The third kappa shape index (κ3) is 1.23. The molecule has 1 saturated carbocycles. The van der Waals surface area contributed by atoms with Crippen LogP contribution >= 0.6 is 0 Å². The lowest BCUT2D eigenvalue weighted by Crippen LogP contribution is -2.41. The smallest absolute Gasteiger partial charge is 0.231 e. The second-order valence-electron chi connectivity index (χ2n) is 4.41. The summed E-state index contributed by atoms with van der Waals surface area (Å²) in [5.74, 6) is 1.72. The SMILES string of the molecule is NCC1(c2ccc3c(c2)OCO3)CCC1. The fraction of sp³-hybridized carbons (Fsp3) is 0.500. The van der Waals surface area contributed by atoms with Crippen LogP contribution in [0.3, 0.4) is 0 Å². The largest absolute Gasteiger partial charge is 0.454 e. The van der Waals surface area contributed by atoms with Crippen LogP contribution in [0.4, 0.5) is 0 Å². The van der Waals surface area contributed by atoms with E-state index in [4.69, 9.17) is 15.2 Å². The van der Waals surface area contributed by atoms with E-state index in [-0.39, 0.29) is 5.41 Å². The van der Waals surface area contributed by atoms with Gasteiger partial charge in [-0.1, -0.05) is 12.5 Å². The molecule has 2 N–H and O–H groups in total. The van der Waals surface area contributed by atoms with E-state index in [0.717, 1.165) is 18.0 Å². The van der Waals surface area contributed by atoms with Gasteiger partial charge in [-0.15, -0.1) is 0 Å². The molecule has 3 nitrogen and oxygen atoms in total. The maximum absolute atomic E-state index is 5.87. The second-order valence-corrected chi connectivity index (χ2v) is 4.41. The summed E-state index contributed by atoms with van der Waals surface area (Å²) < 4.78 is 10.7. The zero-order valence-electron chi connectivity index (χ0n) is 8.66. The third-order valence-electron chi connectivity index (χ3n) is 3.69. The standard InChI is InChI=1S/C12H15NO2/c13-7-12(4-1-5-12)9-2-3-10-11(6-9)15-8-14-10/h2-3,6H,1,4-5,7-8,13H2. The van der Waals surface area contributed by atoms with Crippen LogP contribution in [-0.2, 0) is 5.41 Å². The molecule has 1 fully saturated rings. The lowest BCUT2D eigenvalue weighted by Gasteiger charge is -2.41. The van der Waals surface area contributed by atoms with Crippen LogP contribution in [0.5, 0.6) is 11.5 Å². The molecule has 1 heterocycles. The van der Waals surface area contributed by atoms with Crippen molar-refractivity contribution in [3.8, 4) is 11.5 Å². The maximum Gasteiger partial charge on any atom is 0.231 e. The number of benzene rings is 1. The Bertz CT molecular complexity index is 380. The van der Waals surface area contributed by atoms with Crippen LogP contribution in [0.1, 0.15) is 24.8 Å². The molecule has 1 aromatic carbocycles. The summed E-state index contributed by atoms with van der Waals surface area (Å²) in [5.41, 5.74) is 7.39. The highest BCUT2D eigenvalue weighted by atomic mass is 16.7. The Morgan fingerprint density at radius 3 is 2.67 bits per heavy atom. The van der Waals surface area contributed by atoms with E-state index >= 15 is 0 Å². The molecular formula is C12H15NO2. The van der Waals surface area contributed by atoms with E-state index in [1.165, 1.54) is 24.8 Å². The Hall–Kier alpha value is -1.22. The molecular weight excluding hydrogens is 190 g/mol. The van der Waals surface area contributed by atoms with Gasteiger partial charge in [-0.3, -0.25) is 0 Å². The summed E-state index contributed by atoms with van der Waals surface area (Å²) in [5, 5.41) is 0. The van der Waals surface area contributed by atoms with Crippen LogP contribution in [0.2, 0.25) is 0 Å². The third-order valence-corrected chi connectivity index (χ3v) is 3.69. The van der Waals surface area contributed by atoms with E-state index in [9.17, 15) is 0 Å². The van der Waals surface area contributed by atoms with Gasteiger partial charge in [-0.2, -0.15) is 0 Å². The Labute approximate surface area is 89.2 Å². The first-order chi connectivity index (χ1) is 7.34. The molecule has 0 spiro atoms. The molecule has 1 aliphatic carbocycles. The monoisotopic (exact) mass is 205 g/mol. The minimum absolute atomic E-state index is 0.209. The average molecular weight is 205 g/mol. The average Bonchev–Trinajstić information content (AvgIpc) is 2.64. The zero-order valence-corrected chi connectivity index (χ0v) is 8.66. The molecule has 1 aliphatic heterocycles. The van der Waals surface area contributed by atoms with Crippen molar-refractivity contribution in [2.75, 3.05) is 13.3 Å². The Balaban J connectivity index is 1.98. The predicted molar refractivity (Wildman–Crippen MR) is 57.1 cm³/mol. The number of ether oxygens (including phenoxy) is 2. The van der Waals surface area contributed by atoms with Crippen molar-refractivity contribution in [2.45, 2.75) is 24.7 Å². The van der Waals surface area contributed by atoms with Gasteiger partial charge in [0.05, 0.1) is 0 Å². The van der Waals surface area contributed by atoms with Crippen molar-refractivity contribution < 1.29 is 9.47 Å². The Morgan fingerprint density at radius 1 is 1.20 bits per heavy atom. The highest BCUT2D eigenvalue weighted by molar-refractivity contribution is 5.47. The molecule has 0 aromatic heterocycles. The number of hydrogen-bond acceptors (Lipinski definition) is 3. The van der Waals surface area contributed by atoms with E-state index in [2.05, 4.69) is 12.1 Å². The maximum atomic E-state index is 5.87. The molecule has 0 atom stereocenters. The molecule has 1 aromatic rings. The molecule has 0 unspecified atom stereocenters.